The van der Waals surface area contributed by atoms with Gasteiger partial charge in [0.25, 0.3) is 0 Å². The molecule has 0 aromatic carbocycles. The summed E-state index contributed by atoms with van der Waals surface area (Å²) in [5, 5.41) is 0. The van der Waals surface area contributed by atoms with Crippen molar-refractivity contribution in [3.8, 4) is 0 Å². The molecule has 0 aliphatic heterocycles. The van der Waals surface area contributed by atoms with Crippen LogP contribution < -0.4 is 0 Å². The van der Waals surface area contributed by atoms with E-state index < -0.39 is 0 Å². The first-order valence-corrected chi connectivity index (χ1v) is 22.8. The quantitative estimate of drug-likeness (QED) is 0.195. The third-order valence-corrected chi connectivity index (χ3v) is 0.957. The Morgan fingerprint density at radius 3 is 0.147 bits per heavy atom. The van der Waals surface area contributed by atoms with Crippen molar-refractivity contribution < 1.29 is 1640 Å². The predicted molar refractivity (Wildman–Crippen MR) is 337 cm³/mol. The van der Waals surface area contributed by atoms with Crippen LogP contribution in [-0.2, 0) is 1640 Å². The Morgan fingerprint density at radius 2 is 0.138 bits per heavy atom. The van der Waals surface area contributed by atoms with Crippen molar-refractivity contribution in [2.24, 2.45) is 0 Å². The summed E-state index contributed by atoms with van der Waals surface area (Å²) in [7, 11) is 0. The molecule has 0 aromatic heterocycles. The van der Waals surface area contributed by atoms with Crippen molar-refractivity contribution in [3.05, 3.63) is 62.3 Å². The molecule has 50 heteroatoms. The standard InChI is InChI=1S/C6H14.9C3H7.9C2H6.8CH4.50Y.5H2/c1-3-5-6-4-2;9*1-3-2;9*1-2;;;;;;;;;;;;;;;;;;;;;;;;;;;;;;;;;;;;;;;;;;;;;;;;;;;;;;;;;;;;;;;/h3-6H2,1-2H3;9*1,3H2,2H3;9*1-2H3;8*1H4;;;;;;;;;;;;;;;;;;;;;;;;;;;;;;;;;;;;;;;;;;;;;;;;;;;5*1H/q;9*-1;;;;;;;;;;;;;;;;;;;;;;;;;;;;;;;;;;;;;;;;;;;;;;;;;;;;;;;;;;;;;;;;;;;;;;;;/i;;;;;;;;;;;;;;;;;;;;;;;;;;;;;;;;;;;;;;;;;;;;;;;;;;;;;;;;;;;;;;;;;;;;;;;;;;;;;1+2T;4*1+2. The second-order valence-corrected chi connectivity index (χ2v) is 6.21. The third kappa shape index (κ3) is 1250. The molecule has 0 aliphatic rings. The van der Waals surface area contributed by atoms with Gasteiger partial charge in [0.15, 0.2) is 0 Å². The molecule has 0 rings (SSSR count). The Balaban J connectivity index is -0.00000000122. The van der Waals surface area contributed by atoms with Crippen LogP contribution in [-0.4, -0.2) is 0 Å². The van der Waals surface area contributed by atoms with Gasteiger partial charge in [-0.15, -0.1) is 0 Å². The second-order valence-electron chi connectivity index (χ2n) is 6.21. The maximum absolute atomic E-state index is 5.00. The van der Waals surface area contributed by atoms with Gasteiger partial charge in [-0.3, -0.25) is 0 Å². The maximum Gasteiger partial charge on any atom is 0 e. The Kier molecular flexibility index (Phi) is 4760. The third-order valence-electron chi connectivity index (χ3n) is 0.957. The van der Waals surface area contributed by atoms with E-state index in [0.717, 1.165) is 57.8 Å². The summed E-state index contributed by atoms with van der Waals surface area (Å²) < 4.78 is 10.0. The monoisotopic (exact) mass is 5340 g/mol. The van der Waals surface area contributed by atoms with Gasteiger partial charge in [-0.1, -0.05) is 286 Å². The zero-order chi connectivity index (χ0) is 49.2. The van der Waals surface area contributed by atoms with Gasteiger partial charge < -0.3 is 62.3 Å². The maximum atomic E-state index is 5.00. The van der Waals surface area contributed by atoms with Crippen LogP contribution in [0.4, 0.5) is 0 Å². The van der Waals surface area contributed by atoms with E-state index in [1.165, 1.54) is 25.7 Å². The molecule has 0 N–H and O–H groups in total. The van der Waals surface area contributed by atoms with Crippen molar-refractivity contribution in [2.45, 2.75) is 344 Å². The van der Waals surface area contributed by atoms with Gasteiger partial charge in [0.2, 0.25) is 0 Å². The topological polar surface area (TPSA) is 0 Å². The molecule has 0 nitrogen and oxygen atoms in total. The molecule has 109 heavy (non-hydrogen) atoms. The molecule has 0 heterocycles. The van der Waals surface area contributed by atoms with Gasteiger partial charge in [-0.25, -0.2) is 0 Å². The van der Waals surface area contributed by atoms with E-state index >= 15 is 0 Å². The zero-order valence-electron chi connectivity index (χ0n) is 75.4. The summed E-state index contributed by atoms with van der Waals surface area (Å²) in [6.07, 6.45) is 14.5. The van der Waals surface area contributed by atoms with Crippen LogP contribution in [0.15, 0.2) is 0 Å². The average molecular weight is 5340 g/mol. The van der Waals surface area contributed by atoms with Crippen LogP contribution >= 0.6 is 0 Å². The molecule has 0 amide bonds. The van der Waals surface area contributed by atoms with Crippen molar-refractivity contribution in [3.63, 3.8) is 0 Å². The smallest absolute Gasteiger partial charge is 0 e. The molecular formula is C59H173Y50-9. The van der Waals surface area contributed by atoms with Gasteiger partial charge >= 0.3 is 0 Å². The molecule has 0 atom stereocenters. The van der Waals surface area contributed by atoms with Gasteiger partial charge in [0.05, 0.1) is 0 Å². The Bertz CT molecular complexity index is 206. The van der Waals surface area contributed by atoms with Crippen LogP contribution in [0.25, 0.3) is 0 Å². The average Bonchev–Trinajstić information content (AvgIpc) is 3.22. The molecular weight excluding hydrogens is 5150 g/mol. The fraction of sp³-hybridized carbons (Fsp3) is 0.847. The van der Waals surface area contributed by atoms with Crippen LogP contribution in [0.1, 0.15) is 352 Å². The molecule has 0 fully saturated rings. The largest absolute Gasteiger partial charge is 0.344 e. The van der Waals surface area contributed by atoms with E-state index in [9.17, 15) is 0 Å². The predicted octanol–water partition coefficient (Wildman–Crippen LogP) is 29.1. The Hall–Kier alpha value is 55.2. The fourth-order valence-electron chi connectivity index (χ4n) is 0.500. The van der Waals surface area contributed by atoms with Crippen LogP contribution in [0.5, 0.6) is 0 Å². The molecule has 568 valence electrons. The van der Waals surface area contributed by atoms with Crippen LogP contribution in [0.3, 0.4) is 0 Å². The van der Waals surface area contributed by atoms with Crippen LogP contribution in [0.2, 0.25) is 0 Å². The number of hydrogen-bond donors (Lipinski definition) is 0. The number of rotatable bonds is 3. The van der Waals surface area contributed by atoms with Crippen molar-refractivity contribution in [1.82, 2.24) is 0 Å². The van der Waals surface area contributed by atoms with Gasteiger partial charge in [-0.2, -0.15) is 57.8 Å². The van der Waals surface area contributed by atoms with E-state index in [2.05, 4.69) is 76.2 Å². The van der Waals surface area contributed by atoms with Gasteiger partial charge in [0.1, 0.15) is 0 Å². The van der Waals surface area contributed by atoms with Crippen molar-refractivity contribution in [1.29, 1.82) is 0 Å². The molecule has 0 bridgehead atoms. The molecule has 0 spiro atoms. The Labute approximate surface area is 1980 Å². The zero-order valence-corrected chi connectivity index (χ0v) is 215. The summed E-state index contributed by atoms with van der Waals surface area (Å²) in [5.41, 5.74) is 0. The van der Waals surface area contributed by atoms with E-state index in [0.29, 0.717) is 0 Å². The SMILES string of the molecule is C.C.C.C.C.C.C.C.CC.CC.CC.CC.CC.CC.CC.CC.CC.CCCCCC.[3HH].[3HH].[3HH].[3HH].[3H][3H].[CH2-]CC.[CH2-]CC.[CH2-]CC.[CH2-]CC.[CH2-]CC.[CH2-]CC.[CH2-]CC.[CH2-]CC.[CH2-]CC.[Y].[Y].[Y].[Y].[Y].[Y].[Y].[Y].[Y].[Y].[Y].[Y].[Y].[Y].[Y].[Y].[Y].[Y].[Y].[Y].[Y].[Y].[Y].[Y].[Y].[Y].[Y].[Y].[Y].[Y].[Y].[Y].[Y].[Y].[Y].[Y].[Y].[Y].[Y].[Y].[Y].[Y].[Y].[Y].[Y].[Y].[Y].[Y].[Y].[Y]. The van der Waals surface area contributed by atoms with Gasteiger partial charge in [-0.05, 0) is 0 Å². The van der Waals surface area contributed by atoms with Crippen molar-refractivity contribution in [2.75, 3.05) is 0 Å². The minimum atomic E-state index is 0. The first-order valence-electron chi connectivity index (χ1n) is 23.8. The minimum absolute atomic E-state index is 0. The van der Waals surface area contributed by atoms with Crippen molar-refractivity contribution >= 4 is 0 Å². The summed E-state index contributed by atoms with van der Waals surface area (Å²) >= 11 is 0. The summed E-state index contributed by atoms with van der Waals surface area (Å²) in [4.78, 5) is 0. The second kappa shape index (κ2) is 923. The normalized spacial score (nSPS) is 2.55. The summed E-state index contributed by atoms with van der Waals surface area (Å²) in [5.74, 6) is 0. The van der Waals surface area contributed by atoms with Crippen LogP contribution in [0, 0.1) is 62.3 Å². The van der Waals surface area contributed by atoms with E-state index in [4.69, 9.17) is 2.97 Å². The summed E-state index contributed by atoms with van der Waals surface area (Å²) in [6, 6.07) is 0. The molecule has 0 saturated heterocycles. The molecule has 0 saturated carbocycles. The summed E-state index contributed by atoms with van der Waals surface area (Å²) in [6.45, 7) is 90.0. The van der Waals surface area contributed by atoms with E-state index in [1.807, 2.05) is 187 Å². The minimum Gasteiger partial charge on any atom is -0.344 e. The molecule has 0 aliphatic carbocycles. The fourth-order valence-corrected chi connectivity index (χ4v) is 0.500. The number of unbranched alkanes of at least 4 members (excludes halogenated alkanes) is 3. The van der Waals surface area contributed by atoms with E-state index in [1.54, 1.807) is 0 Å². The Morgan fingerprint density at radius 1 is 0.119 bits per heavy atom. The molecule has 50 radical (unpaired) electrons. The molecule has 0 aromatic rings. The number of hydrogen-bond acceptors (Lipinski definition) is 0. The van der Waals surface area contributed by atoms with E-state index in [-0.39, 0.29) is 1700 Å². The van der Waals surface area contributed by atoms with Gasteiger partial charge in [0, 0.05) is 1640 Å². The first-order chi connectivity index (χ1) is 25.6. The first kappa shape index (κ1) is 562. The molecule has 0 unspecified atom stereocenters.